The van der Waals surface area contributed by atoms with Gasteiger partial charge >= 0.3 is 0 Å². The average molecular weight is 283 g/mol. The number of amides is 1. The summed E-state index contributed by atoms with van der Waals surface area (Å²) in [6, 6.07) is 6.75. The summed E-state index contributed by atoms with van der Waals surface area (Å²) < 4.78 is 4.94. The molecule has 1 aromatic heterocycles. The van der Waals surface area contributed by atoms with E-state index in [2.05, 4.69) is 15.5 Å². The maximum atomic E-state index is 11.7. The van der Waals surface area contributed by atoms with Crippen LogP contribution in [-0.2, 0) is 6.42 Å². The monoisotopic (exact) mass is 282 g/mol. The molecule has 0 unspecified atom stereocenters. The molecule has 0 atom stereocenters. The van der Waals surface area contributed by atoms with Crippen LogP contribution in [0.1, 0.15) is 22.1 Å². The van der Waals surface area contributed by atoms with Gasteiger partial charge in [-0.25, -0.2) is 0 Å². The first kappa shape index (κ1) is 15.0. The highest BCUT2D eigenvalue weighted by molar-refractivity contribution is 5.94. The molecule has 3 N–H and O–H groups in total. The first-order valence-electron chi connectivity index (χ1n) is 5.58. The Labute approximate surface area is 116 Å². The highest BCUT2D eigenvalue weighted by Crippen LogP contribution is 2.05. The van der Waals surface area contributed by atoms with E-state index < -0.39 is 0 Å². The van der Waals surface area contributed by atoms with Gasteiger partial charge in [0.15, 0.2) is 5.82 Å². The molecule has 1 aromatic carbocycles. The summed E-state index contributed by atoms with van der Waals surface area (Å²) in [6.07, 6.45) is 0.515. The topological polar surface area (TPSA) is 94.0 Å². The number of rotatable bonds is 4. The Bertz CT molecular complexity index is 539. The van der Waals surface area contributed by atoms with Crippen molar-refractivity contribution < 1.29 is 9.32 Å². The third kappa shape index (κ3) is 4.26. The Morgan fingerprint density at radius 3 is 2.63 bits per heavy atom. The minimum atomic E-state index is -0.147. The number of anilines is 1. The minimum absolute atomic E-state index is 0. The molecule has 2 rings (SSSR count). The molecule has 19 heavy (non-hydrogen) atoms. The van der Waals surface area contributed by atoms with Crippen LogP contribution < -0.4 is 11.1 Å². The van der Waals surface area contributed by atoms with Crippen LogP contribution in [0.2, 0.25) is 0 Å². The third-order valence-electron chi connectivity index (χ3n) is 2.37. The number of nitrogens with two attached hydrogens (primary N) is 1. The molecule has 0 saturated carbocycles. The predicted molar refractivity (Wildman–Crippen MR) is 73.2 cm³/mol. The standard InChI is InChI=1S/C12H14N4O2.ClH/c1-8-15-11(18-16-8)6-7-14-12(17)9-2-4-10(13)5-3-9;/h2-5H,6-7,13H2,1H3,(H,14,17);1H. The molecular weight excluding hydrogens is 268 g/mol. The van der Waals surface area contributed by atoms with Gasteiger partial charge in [0.05, 0.1) is 0 Å². The van der Waals surface area contributed by atoms with Crippen molar-refractivity contribution in [2.45, 2.75) is 13.3 Å². The molecule has 0 aliphatic carbocycles. The first-order valence-corrected chi connectivity index (χ1v) is 5.58. The first-order chi connectivity index (χ1) is 8.65. The molecule has 1 heterocycles. The minimum Gasteiger partial charge on any atom is -0.399 e. The largest absolute Gasteiger partial charge is 0.399 e. The molecule has 0 radical (unpaired) electrons. The maximum Gasteiger partial charge on any atom is 0.251 e. The van der Waals surface area contributed by atoms with E-state index in [9.17, 15) is 4.79 Å². The number of halogens is 1. The second kappa shape index (κ2) is 6.75. The van der Waals surface area contributed by atoms with E-state index in [0.29, 0.717) is 35.9 Å². The summed E-state index contributed by atoms with van der Waals surface area (Å²) in [5.74, 6) is 0.964. The lowest BCUT2D eigenvalue weighted by Crippen LogP contribution is -2.25. The van der Waals surface area contributed by atoms with Crippen LogP contribution in [0.4, 0.5) is 5.69 Å². The summed E-state index contributed by atoms with van der Waals surface area (Å²) >= 11 is 0. The number of hydrogen-bond donors (Lipinski definition) is 2. The van der Waals surface area contributed by atoms with Gasteiger partial charge in [0.1, 0.15) is 0 Å². The zero-order chi connectivity index (χ0) is 13.0. The molecule has 0 saturated heterocycles. The summed E-state index contributed by atoms with van der Waals surface area (Å²) in [6.45, 7) is 2.20. The maximum absolute atomic E-state index is 11.7. The molecule has 0 fully saturated rings. The second-order valence-electron chi connectivity index (χ2n) is 3.86. The van der Waals surface area contributed by atoms with Crippen molar-refractivity contribution in [2.75, 3.05) is 12.3 Å². The highest BCUT2D eigenvalue weighted by Gasteiger charge is 2.06. The van der Waals surface area contributed by atoms with E-state index in [1.165, 1.54) is 0 Å². The van der Waals surface area contributed by atoms with Crippen molar-refractivity contribution in [3.05, 3.63) is 41.5 Å². The van der Waals surface area contributed by atoms with Gasteiger partial charge in [-0.3, -0.25) is 4.79 Å². The van der Waals surface area contributed by atoms with Gasteiger partial charge in [-0.2, -0.15) is 4.98 Å². The van der Waals surface area contributed by atoms with Gasteiger partial charge in [0.25, 0.3) is 5.91 Å². The molecule has 6 nitrogen and oxygen atoms in total. The van der Waals surface area contributed by atoms with Gasteiger partial charge in [0.2, 0.25) is 5.89 Å². The third-order valence-corrected chi connectivity index (χ3v) is 2.37. The molecule has 1 amide bonds. The van der Waals surface area contributed by atoms with Crippen LogP contribution in [0.5, 0.6) is 0 Å². The van der Waals surface area contributed by atoms with Crippen molar-refractivity contribution in [2.24, 2.45) is 0 Å². The molecule has 2 aromatic rings. The molecule has 0 spiro atoms. The smallest absolute Gasteiger partial charge is 0.251 e. The Kier molecular flexibility index (Phi) is 5.32. The Hall–Kier alpha value is -2.08. The molecule has 7 heteroatoms. The lowest BCUT2D eigenvalue weighted by atomic mass is 10.2. The normalized spacial score (nSPS) is 9.74. The van der Waals surface area contributed by atoms with Crippen LogP contribution in [0, 0.1) is 6.92 Å². The number of nitrogens with zero attached hydrogens (tertiary/aromatic N) is 2. The molecule has 102 valence electrons. The van der Waals surface area contributed by atoms with Crippen LogP contribution in [-0.4, -0.2) is 22.6 Å². The summed E-state index contributed by atoms with van der Waals surface area (Å²) in [5, 5.41) is 6.44. The van der Waals surface area contributed by atoms with Gasteiger partial charge in [-0.15, -0.1) is 12.4 Å². The lowest BCUT2D eigenvalue weighted by molar-refractivity contribution is 0.0953. The Morgan fingerprint density at radius 1 is 1.37 bits per heavy atom. The Balaban J connectivity index is 0.00000180. The van der Waals surface area contributed by atoms with Gasteiger partial charge in [-0.05, 0) is 31.2 Å². The molecule has 0 bridgehead atoms. The SMILES string of the molecule is Cc1noc(CCNC(=O)c2ccc(N)cc2)n1.Cl. The van der Waals surface area contributed by atoms with Crippen LogP contribution in [0.25, 0.3) is 0 Å². The number of carbonyl (C=O) groups is 1. The van der Waals surface area contributed by atoms with Crippen molar-refractivity contribution in [1.82, 2.24) is 15.5 Å². The number of benzene rings is 1. The summed E-state index contributed by atoms with van der Waals surface area (Å²) in [7, 11) is 0. The zero-order valence-corrected chi connectivity index (χ0v) is 11.2. The number of aromatic nitrogens is 2. The summed E-state index contributed by atoms with van der Waals surface area (Å²) in [4.78, 5) is 15.8. The summed E-state index contributed by atoms with van der Waals surface area (Å²) in [5.41, 5.74) is 6.75. The lowest BCUT2D eigenvalue weighted by Gasteiger charge is -2.03. The second-order valence-corrected chi connectivity index (χ2v) is 3.86. The molecule has 0 aliphatic heterocycles. The fourth-order valence-corrected chi connectivity index (χ4v) is 1.46. The van der Waals surface area contributed by atoms with E-state index in [1.54, 1.807) is 31.2 Å². The Morgan fingerprint density at radius 2 is 2.05 bits per heavy atom. The van der Waals surface area contributed by atoms with Crippen LogP contribution >= 0.6 is 12.4 Å². The number of aryl methyl sites for hydroxylation is 1. The number of carbonyl (C=O) groups excluding carboxylic acids is 1. The van der Waals surface area contributed by atoms with Gasteiger partial charge < -0.3 is 15.6 Å². The number of nitrogen functional groups attached to an aromatic ring is 1. The molecular formula is C12H15ClN4O2. The fraction of sp³-hybridized carbons (Fsp3) is 0.250. The van der Waals surface area contributed by atoms with E-state index >= 15 is 0 Å². The average Bonchev–Trinajstić information content (AvgIpc) is 2.76. The van der Waals surface area contributed by atoms with Crippen molar-refractivity contribution in [1.29, 1.82) is 0 Å². The van der Waals surface area contributed by atoms with E-state index in [1.807, 2.05) is 0 Å². The van der Waals surface area contributed by atoms with Gasteiger partial charge in [-0.1, -0.05) is 5.16 Å². The number of nitrogens with one attached hydrogen (secondary N) is 1. The van der Waals surface area contributed by atoms with Crippen molar-refractivity contribution >= 4 is 24.0 Å². The van der Waals surface area contributed by atoms with Crippen LogP contribution in [0.15, 0.2) is 28.8 Å². The molecule has 0 aliphatic rings. The van der Waals surface area contributed by atoms with E-state index in [0.717, 1.165) is 0 Å². The quantitative estimate of drug-likeness (QED) is 0.826. The van der Waals surface area contributed by atoms with Gasteiger partial charge in [0, 0.05) is 24.2 Å². The zero-order valence-electron chi connectivity index (χ0n) is 10.4. The predicted octanol–water partition coefficient (Wildman–Crippen LogP) is 1.35. The van der Waals surface area contributed by atoms with Crippen molar-refractivity contribution in [3.63, 3.8) is 0 Å². The van der Waals surface area contributed by atoms with E-state index in [4.69, 9.17) is 10.3 Å². The van der Waals surface area contributed by atoms with Crippen molar-refractivity contribution in [3.8, 4) is 0 Å². The highest BCUT2D eigenvalue weighted by atomic mass is 35.5. The number of hydrogen-bond acceptors (Lipinski definition) is 5. The fourth-order valence-electron chi connectivity index (χ4n) is 1.46. The van der Waals surface area contributed by atoms with E-state index in [-0.39, 0.29) is 18.3 Å². The van der Waals surface area contributed by atoms with Crippen LogP contribution in [0.3, 0.4) is 0 Å².